The number of carbonyl (C=O) groups excluding carboxylic acids is 1. The fourth-order valence-corrected chi connectivity index (χ4v) is 1.72. The molecule has 0 bridgehead atoms. The smallest absolute Gasteiger partial charge is 0.313 e. The van der Waals surface area contributed by atoms with Gasteiger partial charge in [-0.1, -0.05) is 0 Å². The molecule has 0 heterocycles. The number of methoxy groups -OCH3 is 1. The van der Waals surface area contributed by atoms with Gasteiger partial charge in [0.05, 0.1) is 18.2 Å². The number of benzene rings is 1. The van der Waals surface area contributed by atoms with Crippen molar-refractivity contribution in [1.82, 2.24) is 0 Å². The van der Waals surface area contributed by atoms with Crippen molar-refractivity contribution in [3.8, 4) is 0 Å². The van der Waals surface area contributed by atoms with Gasteiger partial charge in [-0.2, -0.15) is 0 Å². The van der Waals surface area contributed by atoms with E-state index in [-0.39, 0.29) is 18.2 Å². The van der Waals surface area contributed by atoms with Crippen LogP contribution in [0.15, 0.2) is 18.2 Å². The molecule has 1 fully saturated rings. The van der Waals surface area contributed by atoms with Crippen LogP contribution in [-0.2, 0) is 9.53 Å². The first-order valence-corrected chi connectivity index (χ1v) is 5.35. The third-order valence-corrected chi connectivity index (χ3v) is 3.02. The van der Waals surface area contributed by atoms with Crippen LogP contribution >= 0.6 is 0 Å². The number of nitrogens with one attached hydrogen (secondary N) is 1. The number of halogens is 2. The highest BCUT2D eigenvalue weighted by Gasteiger charge is 2.50. The van der Waals surface area contributed by atoms with Crippen LogP contribution in [0.1, 0.15) is 12.8 Å². The fourth-order valence-electron chi connectivity index (χ4n) is 1.72. The van der Waals surface area contributed by atoms with Crippen molar-refractivity contribution >= 4 is 11.7 Å². The predicted molar refractivity (Wildman–Crippen MR) is 58.5 cm³/mol. The zero-order chi connectivity index (χ0) is 12.5. The zero-order valence-corrected chi connectivity index (χ0v) is 9.43. The van der Waals surface area contributed by atoms with Crippen LogP contribution in [0.25, 0.3) is 0 Å². The number of ether oxygens (including phenoxy) is 1. The van der Waals surface area contributed by atoms with E-state index in [9.17, 15) is 13.6 Å². The molecule has 0 unspecified atom stereocenters. The van der Waals surface area contributed by atoms with Crippen LogP contribution in [0.5, 0.6) is 0 Å². The highest BCUT2D eigenvalue weighted by atomic mass is 19.1. The minimum Gasteiger partial charge on any atom is -0.469 e. The maximum Gasteiger partial charge on any atom is 0.313 e. The molecule has 0 radical (unpaired) electrons. The van der Waals surface area contributed by atoms with E-state index in [1.807, 2.05) is 0 Å². The summed E-state index contributed by atoms with van der Waals surface area (Å²) in [4.78, 5) is 11.4. The molecule has 2 rings (SSSR count). The van der Waals surface area contributed by atoms with E-state index < -0.39 is 17.0 Å². The zero-order valence-electron chi connectivity index (χ0n) is 9.43. The summed E-state index contributed by atoms with van der Waals surface area (Å²) in [5, 5.41) is 2.76. The van der Waals surface area contributed by atoms with Gasteiger partial charge in [0.15, 0.2) is 0 Å². The predicted octanol–water partition coefficient (Wildman–Crippen LogP) is 2.33. The minimum absolute atomic E-state index is 0.0696. The van der Waals surface area contributed by atoms with Gasteiger partial charge in [0, 0.05) is 6.54 Å². The first kappa shape index (κ1) is 11.8. The lowest BCUT2D eigenvalue weighted by Gasteiger charge is -2.14. The Balaban J connectivity index is 2.03. The van der Waals surface area contributed by atoms with E-state index in [1.54, 1.807) is 0 Å². The first-order chi connectivity index (χ1) is 8.07. The van der Waals surface area contributed by atoms with Gasteiger partial charge in [-0.05, 0) is 31.0 Å². The van der Waals surface area contributed by atoms with Gasteiger partial charge >= 0.3 is 5.97 Å². The molecule has 92 valence electrons. The Morgan fingerprint density at radius 2 is 2.18 bits per heavy atom. The molecule has 5 heteroatoms. The maximum atomic E-state index is 13.3. The molecule has 0 aromatic heterocycles. The summed E-state index contributed by atoms with van der Waals surface area (Å²) in [5.41, 5.74) is -0.492. The second-order valence-electron chi connectivity index (χ2n) is 4.25. The van der Waals surface area contributed by atoms with E-state index in [1.165, 1.54) is 7.11 Å². The molecule has 0 amide bonds. The molecule has 1 aliphatic carbocycles. The van der Waals surface area contributed by atoms with Crippen molar-refractivity contribution in [2.24, 2.45) is 5.41 Å². The number of esters is 1. The SMILES string of the molecule is COC(=O)C1(CNc2cc(F)ccc2F)CC1. The second kappa shape index (κ2) is 4.31. The average Bonchev–Trinajstić information content (AvgIpc) is 3.10. The molecule has 1 saturated carbocycles. The molecule has 1 aromatic carbocycles. The molecule has 17 heavy (non-hydrogen) atoms. The molecule has 3 nitrogen and oxygen atoms in total. The summed E-state index contributed by atoms with van der Waals surface area (Å²) in [5.74, 6) is -1.36. The van der Waals surface area contributed by atoms with E-state index in [2.05, 4.69) is 10.1 Å². The molecule has 1 N–H and O–H groups in total. The molecule has 0 aliphatic heterocycles. The van der Waals surface area contributed by atoms with Crippen LogP contribution in [0.2, 0.25) is 0 Å². The van der Waals surface area contributed by atoms with E-state index in [0.29, 0.717) is 12.8 Å². The van der Waals surface area contributed by atoms with Crippen molar-refractivity contribution in [1.29, 1.82) is 0 Å². The molecule has 0 spiro atoms. The Morgan fingerprint density at radius 3 is 2.76 bits per heavy atom. The maximum absolute atomic E-state index is 13.3. The van der Waals surface area contributed by atoms with Crippen LogP contribution in [0, 0.1) is 17.0 Å². The van der Waals surface area contributed by atoms with Gasteiger partial charge in [0.1, 0.15) is 11.6 Å². The largest absolute Gasteiger partial charge is 0.469 e. The Labute approximate surface area is 97.8 Å². The third kappa shape index (κ3) is 2.38. The molecule has 1 aromatic rings. The van der Waals surface area contributed by atoms with Crippen LogP contribution in [-0.4, -0.2) is 19.6 Å². The molecular weight excluding hydrogens is 228 g/mol. The van der Waals surface area contributed by atoms with Crippen molar-refractivity contribution in [3.05, 3.63) is 29.8 Å². The summed E-state index contributed by atoms with van der Waals surface area (Å²) in [6, 6.07) is 3.17. The van der Waals surface area contributed by atoms with Crippen molar-refractivity contribution in [3.63, 3.8) is 0 Å². The van der Waals surface area contributed by atoms with Crippen molar-refractivity contribution in [2.45, 2.75) is 12.8 Å². The molecule has 0 saturated heterocycles. The van der Waals surface area contributed by atoms with Gasteiger partial charge in [-0.15, -0.1) is 0 Å². The van der Waals surface area contributed by atoms with Gasteiger partial charge in [-0.3, -0.25) is 4.79 Å². The second-order valence-corrected chi connectivity index (χ2v) is 4.25. The lowest BCUT2D eigenvalue weighted by atomic mass is 10.1. The lowest BCUT2D eigenvalue weighted by Crippen LogP contribution is -2.26. The average molecular weight is 241 g/mol. The standard InChI is InChI=1S/C12H13F2NO2/c1-17-11(16)12(4-5-12)7-15-10-6-8(13)2-3-9(10)14/h2-3,6,15H,4-5,7H2,1H3. The van der Waals surface area contributed by atoms with E-state index >= 15 is 0 Å². The highest BCUT2D eigenvalue weighted by molar-refractivity contribution is 5.80. The normalized spacial score (nSPS) is 16.4. The number of carbonyl (C=O) groups is 1. The summed E-state index contributed by atoms with van der Waals surface area (Å²) >= 11 is 0. The monoisotopic (exact) mass is 241 g/mol. The molecule has 1 aliphatic rings. The Hall–Kier alpha value is -1.65. The van der Waals surface area contributed by atoms with Gasteiger partial charge in [0.25, 0.3) is 0 Å². The number of rotatable bonds is 4. The van der Waals surface area contributed by atoms with Crippen LogP contribution in [0.4, 0.5) is 14.5 Å². The molecular formula is C12H13F2NO2. The van der Waals surface area contributed by atoms with Crippen LogP contribution < -0.4 is 5.32 Å². The highest BCUT2D eigenvalue weighted by Crippen LogP contribution is 2.46. The van der Waals surface area contributed by atoms with Gasteiger partial charge in [-0.25, -0.2) is 8.78 Å². The lowest BCUT2D eigenvalue weighted by molar-refractivity contribution is -0.146. The number of hydrogen-bond acceptors (Lipinski definition) is 3. The van der Waals surface area contributed by atoms with Crippen molar-refractivity contribution < 1.29 is 18.3 Å². The summed E-state index contributed by atoms with van der Waals surface area (Å²) in [6.07, 6.45) is 1.42. The summed E-state index contributed by atoms with van der Waals surface area (Å²) in [6.45, 7) is 0.264. The Kier molecular flexibility index (Phi) is 3.00. The van der Waals surface area contributed by atoms with E-state index in [4.69, 9.17) is 0 Å². The topological polar surface area (TPSA) is 38.3 Å². The fraction of sp³-hybridized carbons (Fsp3) is 0.417. The first-order valence-electron chi connectivity index (χ1n) is 5.35. The third-order valence-electron chi connectivity index (χ3n) is 3.02. The summed E-state index contributed by atoms with van der Waals surface area (Å²) < 4.78 is 30.9. The molecule has 0 atom stereocenters. The number of anilines is 1. The van der Waals surface area contributed by atoms with Crippen LogP contribution in [0.3, 0.4) is 0 Å². The van der Waals surface area contributed by atoms with Gasteiger partial charge < -0.3 is 10.1 Å². The van der Waals surface area contributed by atoms with Gasteiger partial charge in [0.2, 0.25) is 0 Å². The summed E-state index contributed by atoms with van der Waals surface area (Å²) in [7, 11) is 1.32. The van der Waals surface area contributed by atoms with E-state index in [0.717, 1.165) is 18.2 Å². The number of hydrogen-bond donors (Lipinski definition) is 1. The Morgan fingerprint density at radius 1 is 1.47 bits per heavy atom. The Bertz CT molecular complexity index is 444. The van der Waals surface area contributed by atoms with Crippen molar-refractivity contribution in [2.75, 3.05) is 19.0 Å². The minimum atomic E-state index is -0.562. The quantitative estimate of drug-likeness (QED) is 0.822.